The third kappa shape index (κ3) is 2.48. The number of nitrogens with one attached hydrogen (secondary N) is 2. The van der Waals surface area contributed by atoms with Crippen LogP contribution >= 0.6 is 0 Å². The van der Waals surface area contributed by atoms with Gasteiger partial charge in [-0.05, 0) is 56.8 Å². The maximum Gasteiger partial charge on any atom is 0.234 e. The Morgan fingerprint density at radius 2 is 1.95 bits per heavy atom. The van der Waals surface area contributed by atoms with E-state index in [2.05, 4.69) is 35.9 Å². The Labute approximate surface area is 127 Å². The van der Waals surface area contributed by atoms with E-state index in [-0.39, 0.29) is 5.91 Å². The van der Waals surface area contributed by atoms with Crippen LogP contribution in [0.5, 0.6) is 0 Å². The minimum absolute atomic E-state index is 0.105. The molecule has 1 saturated carbocycles. The molecule has 1 aliphatic carbocycles. The molecular weight excluding hydrogens is 260 g/mol. The lowest BCUT2D eigenvalue weighted by Crippen LogP contribution is -2.28. The van der Waals surface area contributed by atoms with Gasteiger partial charge in [-0.15, -0.1) is 0 Å². The summed E-state index contributed by atoms with van der Waals surface area (Å²) in [5.74, 6) is 0.823. The van der Waals surface area contributed by atoms with E-state index in [0.29, 0.717) is 6.04 Å². The zero-order chi connectivity index (χ0) is 15.0. The molecule has 1 aromatic rings. The number of fused-ring (bicyclic) bond motifs is 1. The first-order chi connectivity index (χ1) is 10.0. The second-order valence-electron chi connectivity index (χ2n) is 7.05. The Morgan fingerprint density at radius 3 is 2.62 bits per heavy atom. The molecule has 21 heavy (non-hydrogen) atoms. The Morgan fingerprint density at radius 1 is 1.24 bits per heavy atom. The molecule has 1 atom stereocenters. The smallest absolute Gasteiger partial charge is 0.234 e. The van der Waals surface area contributed by atoms with Crippen LogP contribution in [0.15, 0.2) is 18.2 Å². The molecule has 114 valence electrons. The third-order valence-corrected chi connectivity index (χ3v) is 5.32. The van der Waals surface area contributed by atoms with Crippen molar-refractivity contribution in [3.8, 4) is 0 Å². The fraction of sp³-hybridized carbons (Fsp3) is 0.611. The van der Waals surface area contributed by atoms with Crippen molar-refractivity contribution in [1.82, 2.24) is 5.32 Å². The molecule has 3 heteroatoms. The van der Waals surface area contributed by atoms with Gasteiger partial charge in [0.2, 0.25) is 5.91 Å². The number of anilines is 1. The van der Waals surface area contributed by atoms with E-state index in [9.17, 15) is 4.79 Å². The number of amides is 1. The summed E-state index contributed by atoms with van der Waals surface area (Å²) in [5.41, 5.74) is 3.02. The Kier molecular flexibility index (Phi) is 3.78. The third-order valence-electron chi connectivity index (χ3n) is 5.32. The summed E-state index contributed by atoms with van der Waals surface area (Å²) in [4.78, 5) is 12.1. The number of benzene rings is 1. The molecule has 1 fully saturated rings. The summed E-state index contributed by atoms with van der Waals surface area (Å²) in [5, 5.41) is 6.50. The molecule has 3 nitrogen and oxygen atoms in total. The van der Waals surface area contributed by atoms with Crippen LogP contribution in [0, 0.1) is 5.92 Å². The minimum Gasteiger partial charge on any atom is -0.325 e. The minimum atomic E-state index is -0.420. The lowest BCUT2D eigenvalue weighted by molar-refractivity contribution is -0.119. The van der Waals surface area contributed by atoms with Crippen molar-refractivity contribution in [3.05, 3.63) is 29.3 Å². The summed E-state index contributed by atoms with van der Waals surface area (Å²) in [6.45, 7) is 4.01. The van der Waals surface area contributed by atoms with Gasteiger partial charge in [-0.1, -0.05) is 31.4 Å². The summed E-state index contributed by atoms with van der Waals surface area (Å²) in [6.07, 6.45) is 6.69. The van der Waals surface area contributed by atoms with Crippen LogP contribution in [0.25, 0.3) is 0 Å². The highest BCUT2D eigenvalue weighted by Crippen LogP contribution is 2.41. The summed E-state index contributed by atoms with van der Waals surface area (Å²) in [7, 11) is 2.06. The highest BCUT2D eigenvalue weighted by molar-refractivity contribution is 6.05. The van der Waals surface area contributed by atoms with Gasteiger partial charge < -0.3 is 10.6 Å². The topological polar surface area (TPSA) is 41.1 Å². The van der Waals surface area contributed by atoms with E-state index in [1.165, 1.54) is 37.7 Å². The van der Waals surface area contributed by atoms with Crippen molar-refractivity contribution in [2.75, 3.05) is 12.4 Å². The maximum atomic E-state index is 12.1. The van der Waals surface area contributed by atoms with E-state index >= 15 is 0 Å². The second-order valence-corrected chi connectivity index (χ2v) is 7.05. The number of hydrogen-bond donors (Lipinski definition) is 2. The summed E-state index contributed by atoms with van der Waals surface area (Å²) < 4.78 is 0. The molecular formula is C18H26N2O. The molecule has 1 aliphatic heterocycles. The molecule has 1 amide bonds. The van der Waals surface area contributed by atoms with Crippen LogP contribution in [-0.2, 0) is 10.2 Å². The Bertz CT molecular complexity index is 544. The summed E-state index contributed by atoms with van der Waals surface area (Å²) in [6, 6.07) is 6.89. The van der Waals surface area contributed by atoms with Gasteiger partial charge in [-0.3, -0.25) is 4.79 Å². The van der Waals surface area contributed by atoms with Gasteiger partial charge in [-0.25, -0.2) is 0 Å². The normalized spacial score (nSPS) is 22.7. The first-order valence-electron chi connectivity index (χ1n) is 8.17. The Hall–Kier alpha value is -1.35. The number of carbonyl (C=O) groups excluding carboxylic acids is 1. The van der Waals surface area contributed by atoms with Crippen molar-refractivity contribution < 1.29 is 4.79 Å². The van der Waals surface area contributed by atoms with Gasteiger partial charge in [0.15, 0.2) is 0 Å². The van der Waals surface area contributed by atoms with E-state index in [1.807, 2.05) is 13.8 Å². The van der Waals surface area contributed by atoms with Gasteiger partial charge in [-0.2, -0.15) is 0 Å². The van der Waals surface area contributed by atoms with Crippen molar-refractivity contribution in [2.24, 2.45) is 5.92 Å². The van der Waals surface area contributed by atoms with E-state index in [1.54, 1.807) is 0 Å². The van der Waals surface area contributed by atoms with Crippen molar-refractivity contribution in [1.29, 1.82) is 0 Å². The van der Waals surface area contributed by atoms with Gasteiger partial charge in [0.25, 0.3) is 0 Å². The maximum absolute atomic E-state index is 12.1. The van der Waals surface area contributed by atoms with E-state index in [0.717, 1.165) is 17.2 Å². The van der Waals surface area contributed by atoms with Gasteiger partial charge >= 0.3 is 0 Å². The fourth-order valence-corrected chi connectivity index (χ4v) is 3.92. The van der Waals surface area contributed by atoms with Crippen LogP contribution in [0.2, 0.25) is 0 Å². The van der Waals surface area contributed by atoms with Gasteiger partial charge in [0.1, 0.15) is 0 Å². The lowest BCUT2D eigenvalue weighted by Gasteiger charge is -2.31. The molecule has 0 radical (unpaired) electrons. The van der Waals surface area contributed by atoms with E-state index in [4.69, 9.17) is 0 Å². The fourth-order valence-electron chi connectivity index (χ4n) is 3.92. The first-order valence-corrected chi connectivity index (χ1v) is 8.17. The number of rotatable bonds is 3. The van der Waals surface area contributed by atoms with Crippen LogP contribution < -0.4 is 10.6 Å². The average Bonchev–Trinajstić information content (AvgIpc) is 2.72. The van der Waals surface area contributed by atoms with Crippen LogP contribution in [0.3, 0.4) is 0 Å². The van der Waals surface area contributed by atoms with Crippen molar-refractivity contribution >= 4 is 11.6 Å². The molecule has 1 aromatic carbocycles. The zero-order valence-electron chi connectivity index (χ0n) is 13.3. The molecule has 3 rings (SSSR count). The molecule has 2 N–H and O–H groups in total. The van der Waals surface area contributed by atoms with Gasteiger partial charge in [0.05, 0.1) is 5.41 Å². The van der Waals surface area contributed by atoms with Crippen LogP contribution in [0.4, 0.5) is 5.69 Å². The summed E-state index contributed by atoms with van der Waals surface area (Å²) >= 11 is 0. The predicted octanol–water partition coefficient (Wildman–Crippen LogP) is 3.76. The largest absolute Gasteiger partial charge is 0.325 e. The standard InChI is InChI=1S/C18H26N2O/c1-18(2)14-11-13(9-10-15(14)20-17(18)21)16(19-3)12-7-5-4-6-8-12/h9-12,16,19H,4-8H2,1-3H3,(H,20,21). The molecule has 0 aromatic heterocycles. The molecule has 0 bridgehead atoms. The van der Waals surface area contributed by atoms with Crippen molar-refractivity contribution in [3.63, 3.8) is 0 Å². The molecule has 0 saturated heterocycles. The van der Waals surface area contributed by atoms with Crippen LogP contribution in [0.1, 0.15) is 63.1 Å². The Balaban J connectivity index is 1.92. The zero-order valence-corrected chi connectivity index (χ0v) is 13.3. The van der Waals surface area contributed by atoms with Crippen molar-refractivity contribution in [2.45, 2.75) is 57.4 Å². The highest BCUT2D eigenvalue weighted by Gasteiger charge is 2.39. The van der Waals surface area contributed by atoms with E-state index < -0.39 is 5.41 Å². The lowest BCUT2D eigenvalue weighted by atomic mass is 9.79. The van der Waals surface area contributed by atoms with Gasteiger partial charge in [0, 0.05) is 11.7 Å². The second kappa shape index (κ2) is 5.45. The molecule has 1 unspecified atom stereocenters. The first kappa shape index (κ1) is 14.6. The SMILES string of the molecule is CNC(c1ccc2c(c1)C(C)(C)C(=O)N2)C1CCCCC1. The highest BCUT2D eigenvalue weighted by atomic mass is 16.2. The average molecular weight is 286 g/mol. The molecule has 0 spiro atoms. The van der Waals surface area contributed by atoms with Crippen LogP contribution in [-0.4, -0.2) is 13.0 Å². The number of carbonyl (C=O) groups is 1. The quantitative estimate of drug-likeness (QED) is 0.888. The molecule has 1 heterocycles. The monoisotopic (exact) mass is 286 g/mol. The predicted molar refractivity (Wildman–Crippen MR) is 86.5 cm³/mol. The number of hydrogen-bond acceptors (Lipinski definition) is 2. The molecule has 2 aliphatic rings.